The minimum absolute atomic E-state index is 0.0173. The van der Waals surface area contributed by atoms with Crippen LogP contribution in [-0.4, -0.2) is 32.1 Å². The van der Waals surface area contributed by atoms with Gasteiger partial charge in [0.2, 0.25) is 5.91 Å². The average Bonchev–Trinajstić information content (AvgIpc) is 3.24. The SMILES string of the molecule is Cc1noc(C)c1[C@@H]1CCCN1C(=O)Cn1cnc2ccccc2c1=O. The molecule has 7 heteroatoms. The number of hydrogen-bond donors (Lipinski definition) is 0. The van der Waals surface area contributed by atoms with Crippen molar-refractivity contribution >= 4 is 16.8 Å². The monoisotopic (exact) mass is 352 g/mol. The predicted octanol–water partition coefficient (Wildman–Crippen LogP) is 2.37. The maximum Gasteiger partial charge on any atom is 0.261 e. The van der Waals surface area contributed by atoms with E-state index >= 15 is 0 Å². The number of fused-ring (bicyclic) bond motifs is 1. The Bertz CT molecular complexity index is 1020. The van der Waals surface area contributed by atoms with E-state index < -0.39 is 0 Å². The first-order valence-electron chi connectivity index (χ1n) is 8.72. The first kappa shape index (κ1) is 16.5. The van der Waals surface area contributed by atoms with Gasteiger partial charge in [-0.25, -0.2) is 4.98 Å². The Labute approximate surface area is 150 Å². The minimum atomic E-state index is -0.197. The van der Waals surface area contributed by atoms with Gasteiger partial charge >= 0.3 is 0 Å². The number of rotatable bonds is 3. The van der Waals surface area contributed by atoms with Crippen LogP contribution in [0.2, 0.25) is 0 Å². The number of para-hydroxylation sites is 1. The van der Waals surface area contributed by atoms with Gasteiger partial charge in [0.05, 0.1) is 29.0 Å². The van der Waals surface area contributed by atoms with Crippen molar-refractivity contribution in [1.29, 1.82) is 0 Å². The van der Waals surface area contributed by atoms with E-state index in [0.717, 1.165) is 29.9 Å². The van der Waals surface area contributed by atoms with E-state index in [-0.39, 0.29) is 24.1 Å². The molecule has 4 rings (SSSR count). The molecular formula is C19H20N4O3. The zero-order chi connectivity index (χ0) is 18.3. The standard InChI is InChI=1S/C19H20N4O3/c1-12-18(13(2)26-21-12)16-8-5-9-23(16)17(24)10-22-11-20-15-7-4-3-6-14(15)19(22)25/h3-4,6-7,11,16H,5,8-10H2,1-2H3/t16-/m0/s1. The van der Waals surface area contributed by atoms with Crippen LogP contribution in [0.5, 0.6) is 0 Å². The van der Waals surface area contributed by atoms with Gasteiger partial charge in [0.1, 0.15) is 12.3 Å². The number of benzene rings is 1. The second kappa shape index (κ2) is 6.40. The Morgan fingerprint density at radius 1 is 1.31 bits per heavy atom. The lowest BCUT2D eigenvalue weighted by Crippen LogP contribution is -2.36. The fourth-order valence-electron chi connectivity index (χ4n) is 3.79. The molecule has 1 amide bonds. The highest BCUT2D eigenvalue weighted by Gasteiger charge is 2.33. The number of amides is 1. The molecule has 0 saturated carbocycles. The third-order valence-corrected chi connectivity index (χ3v) is 5.03. The van der Waals surface area contributed by atoms with E-state index in [9.17, 15) is 9.59 Å². The number of carbonyl (C=O) groups is 1. The van der Waals surface area contributed by atoms with Crippen LogP contribution in [0.4, 0.5) is 0 Å². The molecular weight excluding hydrogens is 332 g/mol. The minimum Gasteiger partial charge on any atom is -0.361 e. The summed E-state index contributed by atoms with van der Waals surface area (Å²) < 4.78 is 6.65. The van der Waals surface area contributed by atoms with Gasteiger partial charge in [-0.2, -0.15) is 0 Å². The molecule has 1 aromatic carbocycles. The molecule has 1 aliphatic rings. The van der Waals surface area contributed by atoms with Crippen LogP contribution in [0, 0.1) is 13.8 Å². The lowest BCUT2D eigenvalue weighted by Gasteiger charge is -2.25. The Morgan fingerprint density at radius 2 is 2.12 bits per heavy atom. The molecule has 1 saturated heterocycles. The van der Waals surface area contributed by atoms with Gasteiger partial charge in [-0.15, -0.1) is 0 Å². The van der Waals surface area contributed by atoms with E-state index in [1.807, 2.05) is 24.8 Å². The summed E-state index contributed by atoms with van der Waals surface area (Å²) in [5, 5.41) is 4.53. The van der Waals surface area contributed by atoms with Crippen LogP contribution in [0.1, 0.15) is 35.9 Å². The van der Waals surface area contributed by atoms with Crippen LogP contribution in [0.15, 0.2) is 39.9 Å². The Kier molecular flexibility index (Phi) is 4.06. The van der Waals surface area contributed by atoms with Crippen molar-refractivity contribution in [2.24, 2.45) is 0 Å². The second-order valence-corrected chi connectivity index (χ2v) is 6.68. The van der Waals surface area contributed by atoms with Gasteiger partial charge in [-0.3, -0.25) is 14.2 Å². The van der Waals surface area contributed by atoms with E-state index in [1.54, 1.807) is 18.2 Å². The van der Waals surface area contributed by atoms with Crippen LogP contribution in [0.3, 0.4) is 0 Å². The van der Waals surface area contributed by atoms with E-state index in [2.05, 4.69) is 10.1 Å². The van der Waals surface area contributed by atoms with Crippen LogP contribution in [-0.2, 0) is 11.3 Å². The maximum atomic E-state index is 12.9. The summed E-state index contributed by atoms with van der Waals surface area (Å²) in [6.07, 6.45) is 3.24. The highest BCUT2D eigenvalue weighted by molar-refractivity contribution is 5.79. The van der Waals surface area contributed by atoms with Crippen molar-refractivity contribution in [2.75, 3.05) is 6.54 Å². The molecule has 0 unspecified atom stereocenters. The lowest BCUT2D eigenvalue weighted by molar-refractivity contribution is -0.132. The summed E-state index contributed by atoms with van der Waals surface area (Å²) >= 11 is 0. The molecule has 134 valence electrons. The molecule has 7 nitrogen and oxygen atoms in total. The third kappa shape index (κ3) is 2.69. The highest BCUT2D eigenvalue weighted by atomic mass is 16.5. The zero-order valence-corrected chi connectivity index (χ0v) is 14.8. The van der Waals surface area contributed by atoms with Crippen molar-refractivity contribution in [2.45, 2.75) is 39.3 Å². The van der Waals surface area contributed by atoms with Gasteiger partial charge in [0.25, 0.3) is 5.56 Å². The Hall–Kier alpha value is -2.96. The maximum absolute atomic E-state index is 12.9. The van der Waals surface area contributed by atoms with Crippen molar-refractivity contribution in [3.63, 3.8) is 0 Å². The molecule has 0 aliphatic carbocycles. The molecule has 0 N–H and O–H groups in total. The smallest absolute Gasteiger partial charge is 0.261 e. The van der Waals surface area contributed by atoms with Crippen molar-refractivity contribution < 1.29 is 9.32 Å². The quantitative estimate of drug-likeness (QED) is 0.723. The van der Waals surface area contributed by atoms with E-state index in [4.69, 9.17) is 4.52 Å². The fourth-order valence-corrected chi connectivity index (χ4v) is 3.79. The summed E-state index contributed by atoms with van der Waals surface area (Å²) in [6.45, 7) is 4.42. The number of nitrogens with zero attached hydrogens (tertiary/aromatic N) is 4. The zero-order valence-electron chi connectivity index (χ0n) is 14.8. The Balaban J connectivity index is 1.62. The largest absolute Gasteiger partial charge is 0.361 e. The summed E-state index contributed by atoms with van der Waals surface area (Å²) in [7, 11) is 0. The van der Waals surface area contributed by atoms with Gasteiger partial charge in [0, 0.05) is 12.1 Å². The summed E-state index contributed by atoms with van der Waals surface area (Å²) in [6, 6.07) is 7.11. The van der Waals surface area contributed by atoms with Crippen LogP contribution >= 0.6 is 0 Å². The highest BCUT2D eigenvalue weighted by Crippen LogP contribution is 2.35. The van der Waals surface area contributed by atoms with Gasteiger partial charge in [0.15, 0.2) is 0 Å². The molecule has 0 spiro atoms. The first-order chi connectivity index (χ1) is 12.6. The van der Waals surface area contributed by atoms with Gasteiger partial charge < -0.3 is 9.42 Å². The number of aryl methyl sites for hydroxylation is 2. The summed E-state index contributed by atoms with van der Waals surface area (Å²) in [5.74, 6) is 0.656. The molecule has 0 bridgehead atoms. The average molecular weight is 352 g/mol. The lowest BCUT2D eigenvalue weighted by atomic mass is 10.0. The number of aromatic nitrogens is 3. The van der Waals surface area contributed by atoms with E-state index in [1.165, 1.54) is 10.9 Å². The normalized spacial score (nSPS) is 17.2. The second-order valence-electron chi connectivity index (χ2n) is 6.68. The summed E-state index contributed by atoms with van der Waals surface area (Å²) in [5.41, 5.74) is 2.24. The topological polar surface area (TPSA) is 81.2 Å². The van der Waals surface area contributed by atoms with Crippen molar-refractivity contribution in [3.05, 3.63) is 58.0 Å². The van der Waals surface area contributed by atoms with Gasteiger partial charge in [-0.1, -0.05) is 17.3 Å². The molecule has 1 aliphatic heterocycles. The van der Waals surface area contributed by atoms with Crippen molar-refractivity contribution in [1.82, 2.24) is 19.6 Å². The van der Waals surface area contributed by atoms with Crippen molar-refractivity contribution in [3.8, 4) is 0 Å². The van der Waals surface area contributed by atoms with Crippen LogP contribution < -0.4 is 5.56 Å². The molecule has 3 aromatic rings. The van der Waals surface area contributed by atoms with Crippen LogP contribution in [0.25, 0.3) is 10.9 Å². The fraction of sp³-hybridized carbons (Fsp3) is 0.368. The number of likely N-dealkylation sites (tertiary alicyclic amines) is 1. The van der Waals surface area contributed by atoms with E-state index in [0.29, 0.717) is 17.4 Å². The molecule has 1 fully saturated rings. The predicted molar refractivity (Wildman–Crippen MR) is 95.7 cm³/mol. The molecule has 26 heavy (non-hydrogen) atoms. The molecule has 3 heterocycles. The molecule has 1 atom stereocenters. The molecule has 0 radical (unpaired) electrons. The Morgan fingerprint density at radius 3 is 2.88 bits per heavy atom. The van der Waals surface area contributed by atoms with Gasteiger partial charge in [-0.05, 0) is 38.8 Å². The number of hydrogen-bond acceptors (Lipinski definition) is 5. The summed E-state index contributed by atoms with van der Waals surface area (Å²) in [4.78, 5) is 31.7. The number of carbonyl (C=O) groups excluding carboxylic acids is 1. The third-order valence-electron chi connectivity index (χ3n) is 5.03. The first-order valence-corrected chi connectivity index (χ1v) is 8.72. The molecule has 2 aromatic heterocycles.